The van der Waals surface area contributed by atoms with Gasteiger partial charge in [-0.05, 0) is 30.3 Å². The number of para-hydroxylation sites is 1. The molecule has 6 heteroatoms. The van der Waals surface area contributed by atoms with E-state index < -0.39 is 0 Å². The van der Waals surface area contributed by atoms with Gasteiger partial charge in [-0.15, -0.1) is 0 Å². The molecule has 2 rings (SSSR count). The van der Waals surface area contributed by atoms with Crippen LogP contribution in [-0.4, -0.2) is 37.4 Å². The van der Waals surface area contributed by atoms with Gasteiger partial charge in [-0.3, -0.25) is 9.59 Å². The summed E-state index contributed by atoms with van der Waals surface area (Å²) < 4.78 is 6.35. The number of rotatable bonds is 5. The van der Waals surface area contributed by atoms with Crippen molar-refractivity contribution in [3.8, 4) is 5.75 Å². The first-order valence-corrected chi connectivity index (χ1v) is 7.75. The van der Waals surface area contributed by atoms with Gasteiger partial charge < -0.3 is 15.0 Å². The Morgan fingerprint density at radius 3 is 2.57 bits per heavy atom. The summed E-state index contributed by atoms with van der Waals surface area (Å²) >= 11 is 3.36. The molecule has 0 aliphatic rings. The summed E-state index contributed by atoms with van der Waals surface area (Å²) in [4.78, 5) is 25.5. The second-order valence-electron chi connectivity index (χ2n) is 5.04. The first-order valence-electron chi connectivity index (χ1n) is 6.96. The number of hydrogen-bond acceptors (Lipinski definition) is 3. The molecule has 0 aromatic heterocycles. The summed E-state index contributed by atoms with van der Waals surface area (Å²) in [5, 5.41) is 2.81. The molecule has 5 nitrogen and oxygen atoms in total. The molecule has 0 heterocycles. The maximum Gasteiger partial charge on any atom is 0.259 e. The summed E-state index contributed by atoms with van der Waals surface area (Å²) in [7, 11) is 3.30. The second-order valence-corrected chi connectivity index (χ2v) is 5.95. The lowest BCUT2D eigenvalue weighted by Crippen LogP contribution is -2.28. The average Bonchev–Trinajstić information content (AvgIpc) is 2.52. The van der Waals surface area contributed by atoms with Crippen molar-refractivity contribution < 1.29 is 14.3 Å². The van der Waals surface area contributed by atoms with E-state index in [1.807, 2.05) is 12.1 Å². The van der Waals surface area contributed by atoms with Gasteiger partial charge in [-0.1, -0.05) is 34.1 Å². The number of hydrogen-bond donors (Lipinski definition) is 1. The number of halogens is 1. The van der Waals surface area contributed by atoms with Gasteiger partial charge in [-0.2, -0.15) is 0 Å². The highest BCUT2D eigenvalue weighted by atomic mass is 79.9. The molecule has 0 bridgehead atoms. The molecule has 0 aliphatic carbocycles. The molecule has 2 aromatic carbocycles. The minimum atomic E-state index is -0.295. The Labute approximate surface area is 143 Å². The standard InChI is InChI=1S/C17H17BrN2O3/c1-20(2)16(21)11-23-15-9-4-3-8-14(15)17(22)19-13-7-5-6-12(18)10-13/h3-10H,11H2,1-2H3,(H,19,22). The highest BCUT2D eigenvalue weighted by Gasteiger charge is 2.14. The fourth-order valence-electron chi connectivity index (χ4n) is 1.81. The molecular formula is C17H17BrN2O3. The van der Waals surface area contributed by atoms with Gasteiger partial charge in [0.1, 0.15) is 5.75 Å². The quantitative estimate of drug-likeness (QED) is 0.871. The predicted octanol–water partition coefficient (Wildman–Crippen LogP) is 3.17. The van der Waals surface area contributed by atoms with Gasteiger partial charge in [0, 0.05) is 24.3 Å². The number of likely N-dealkylation sites (N-methyl/N-ethyl adjacent to an activating group) is 1. The lowest BCUT2D eigenvalue weighted by molar-refractivity contribution is -0.130. The molecule has 2 amide bonds. The fraction of sp³-hybridized carbons (Fsp3) is 0.176. The molecule has 0 saturated carbocycles. The number of nitrogens with one attached hydrogen (secondary N) is 1. The zero-order valence-corrected chi connectivity index (χ0v) is 14.5. The van der Waals surface area contributed by atoms with E-state index in [1.165, 1.54) is 4.90 Å². The molecule has 2 aromatic rings. The van der Waals surface area contributed by atoms with E-state index in [4.69, 9.17) is 4.74 Å². The van der Waals surface area contributed by atoms with E-state index >= 15 is 0 Å². The largest absolute Gasteiger partial charge is 0.483 e. The molecule has 0 radical (unpaired) electrons. The molecule has 120 valence electrons. The molecule has 0 fully saturated rings. The van der Waals surface area contributed by atoms with Crippen LogP contribution in [0.4, 0.5) is 5.69 Å². The summed E-state index contributed by atoms with van der Waals surface area (Å²) in [6, 6.07) is 14.1. The van der Waals surface area contributed by atoms with E-state index in [1.54, 1.807) is 50.5 Å². The number of benzene rings is 2. The van der Waals surface area contributed by atoms with E-state index in [0.717, 1.165) is 4.47 Å². The zero-order chi connectivity index (χ0) is 16.8. The third-order valence-corrected chi connectivity index (χ3v) is 3.56. The van der Waals surface area contributed by atoms with Crippen LogP contribution in [0.3, 0.4) is 0 Å². The third-order valence-electron chi connectivity index (χ3n) is 3.06. The van der Waals surface area contributed by atoms with E-state index in [2.05, 4.69) is 21.2 Å². The SMILES string of the molecule is CN(C)C(=O)COc1ccccc1C(=O)Nc1cccc(Br)c1. The van der Waals surface area contributed by atoms with Crippen LogP contribution in [0.2, 0.25) is 0 Å². The van der Waals surface area contributed by atoms with Crippen LogP contribution < -0.4 is 10.1 Å². The van der Waals surface area contributed by atoms with Crippen molar-refractivity contribution in [1.29, 1.82) is 0 Å². The normalized spacial score (nSPS) is 10.0. The fourth-order valence-corrected chi connectivity index (χ4v) is 2.21. The highest BCUT2D eigenvalue weighted by Crippen LogP contribution is 2.21. The van der Waals surface area contributed by atoms with Crippen LogP contribution in [0.25, 0.3) is 0 Å². The number of carbonyl (C=O) groups is 2. The predicted molar refractivity (Wildman–Crippen MR) is 92.7 cm³/mol. The molecule has 0 spiro atoms. The molecule has 1 N–H and O–H groups in total. The first-order chi connectivity index (χ1) is 11.0. The minimum absolute atomic E-state index is 0.117. The Kier molecular flexibility index (Phi) is 5.76. The van der Waals surface area contributed by atoms with Crippen molar-refractivity contribution in [3.63, 3.8) is 0 Å². The maximum atomic E-state index is 12.4. The van der Waals surface area contributed by atoms with E-state index in [9.17, 15) is 9.59 Å². The van der Waals surface area contributed by atoms with Crippen molar-refractivity contribution in [3.05, 3.63) is 58.6 Å². The van der Waals surface area contributed by atoms with Crippen LogP contribution >= 0.6 is 15.9 Å². The van der Waals surface area contributed by atoms with Crippen molar-refractivity contribution in [1.82, 2.24) is 4.90 Å². The van der Waals surface area contributed by atoms with Gasteiger partial charge >= 0.3 is 0 Å². The minimum Gasteiger partial charge on any atom is -0.483 e. The lowest BCUT2D eigenvalue weighted by Gasteiger charge is -2.14. The Balaban J connectivity index is 2.12. The highest BCUT2D eigenvalue weighted by molar-refractivity contribution is 9.10. The molecule has 0 atom stereocenters. The van der Waals surface area contributed by atoms with Gasteiger partial charge in [-0.25, -0.2) is 0 Å². The van der Waals surface area contributed by atoms with Gasteiger partial charge in [0.25, 0.3) is 11.8 Å². The zero-order valence-electron chi connectivity index (χ0n) is 12.9. The number of ether oxygens (including phenoxy) is 1. The first kappa shape index (κ1) is 17.0. The summed E-state index contributed by atoms with van der Waals surface area (Å²) in [5.41, 5.74) is 1.04. The van der Waals surface area contributed by atoms with Crippen molar-refractivity contribution in [2.75, 3.05) is 26.0 Å². The number of carbonyl (C=O) groups excluding carboxylic acids is 2. The topological polar surface area (TPSA) is 58.6 Å². The summed E-state index contributed by atoms with van der Waals surface area (Å²) in [6.45, 7) is -0.117. The van der Waals surface area contributed by atoms with Crippen LogP contribution in [0.5, 0.6) is 5.75 Å². The van der Waals surface area contributed by atoms with Crippen LogP contribution in [0.15, 0.2) is 53.0 Å². The second kappa shape index (κ2) is 7.78. The van der Waals surface area contributed by atoms with Crippen LogP contribution in [-0.2, 0) is 4.79 Å². The van der Waals surface area contributed by atoms with E-state index in [0.29, 0.717) is 17.0 Å². The number of nitrogens with zero attached hydrogens (tertiary/aromatic N) is 1. The number of amides is 2. The Bertz CT molecular complexity index is 716. The Morgan fingerprint density at radius 2 is 1.87 bits per heavy atom. The summed E-state index contributed by atoms with van der Waals surface area (Å²) in [5.74, 6) is -0.0987. The van der Waals surface area contributed by atoms with Crippen LogP contribution in [0, 0.1) is 0 Å². The van der Waals surface area contributed by atoms with Crippen molar-refractivity contribution in [2.24, 2.45) is 0 Å². The molecular weight excluding hydrogens is 360 g/mol. The lowest BCUT2D eigenvalue weighted by atomic mass is 10.2. The third kappa shape index (κ3) is 4.82. The number of anilines is 1. The van der Waals surface area contributed by atoms with Gasteiger partial charge in [0.15, 0.2) is 6.61 Å². The van der Waals surface area contributed by atoms with Crippen LogP contribution in [0.1, 0.15) is 10.4 Å². The molecule has 0 unspecified atom stereocenters. The smallest absolute Gasteiger partial charge is 0.259 e. The summed E-state index contributed by atoms with van der Waals surface area (Å²) in [6.07, 6.45) is 0. The maximum absolute atomic E-state index is 12.4. The Morgan fingerprint density at radius 1 is 1.13 bits per heavy atom. The molecule has 0 saturated heterocycles. The van der Waals surface area contributed by atoms with Gasteiger partial charge in [0.2, 0.25) is 0 Å². The Hall–Kier alpha value is -2.34. The molecule has 0 aliphatic heterocycles. The van der Waals surface area contributed by atoms with Crippen molar-refractivity contribution in [2.45, 2.75) is 0 Å². The van der Waals surface area contributed by atoms with Crippen molar-refractivity contribution >= 4 is 33.4 Å². The monoisotopic (exact) mass is 376 g/mol. The van der Waals surface area contributed by atoms with Gasteiger partial charge in [0.05, 0.1) is 5.56 Å². The molecule has 23 heavy (non-hydrogen) atoms. The average molecular weight is 377 g/mol. The van der Waals surface area contributed by atoms with E-state index in [-0.39, 0.29) is 18.4 Å².